The van der Waals surface area contributed by atoms with E-state index in [1.165, 1.54) is 24.3 Å². The largest absolute Gasteiger partial charge is 0.417 e. The van der Waals surface area contributed by atoms with Gasteiger partial charge in [0.25, 0.3) is 5.91 Å². The molecule has 0 saturated heterocycles. The second-order valence-electron chi connectivity index (χ2n) is 5.48. The van der Waals surface area contributed by atoms with E-state index in [1.807, 2.05) is 6.07 Å². The number of nitrogens with two attached hydrogens (primary N) is 1. The number of rotatable bonds is 5. The topological polar surface area (TPSA) is 96.0 Å². The SMILES string of the molecule is N#Cc1ccc(C[C@H](NC(=O)c2ccccc2C(F)(F)F)C(N)=O)cc1. The molecule has 134 valence electrons. The van der Waals surface area contributed by atoms with Crippen molar-refractivity contribution in [1.29, 1.82) is 5.26 Å². The van der Waals surface area contributed by atoms with E-state index < -0.39 is 35.2 Å². The quantitative estimate of drug-likeness (QED) is 0.856. The third-order valence-corrected chi connectivity index (χ3v) is 3.65. The zero-order valence-corrected chi connectivity index (χ0v) is 13.4. The molecule has 0 aliphatic rings. The summed E-state index contributed by atoms with van der Waals surface area (Å²) in [5.74, 6) is -1.93. The lowest BCUT2D eigenvalue weighted by Gasteiger charge is -2.18. The fraction of sp³-hybridized carbons (Fsp3) is 0.167. The number of carbonyl (C=O) groups is 2. The van der Waals surface area contributed by atoms with Gasteiger partial charge in [-0.3, -0.25) is 9.59 Å². The molecule has 3 N–H and O–H groups in total. The van der Waals surface area contributed by atoms with Gasteiger partial charge in [0.15, 0.2) is 0 Å². The van der Waals surface area contributed by atoms with Gasteiger partial charge < -0.3 is 11.1 Å². The molecule has 0 unspecified atom stereocenters. The number of benzene rings is 2. The molecule has 0 aliphatic heterocycles. The second-order valence-corrected chi connectivity index (χ2v) is 5.48. The Hall–Kier alpha value is -3.34. The molecule has 0 saturated carbocycles. The number of amides is 2. The normalized spacial score (nSPS) is 12.1. The van der Waals surface area contributed by atoms with Crippen LogP contribution in [0.5, 0.6) is 0 Å². The molecule has 0 aliphatic carbocycles. The summed E-state index contributed by atoms with van der Waals surface area (Å²) in [5.41, 5.74) is 4.58. The summed E-state index contributed by atoms with van der Waals surface area (Å²) in [7, 11) is 0. The van der Waals surface area contributed by atoms with E-state index in [9.17, 15) is 22.8 Å². The summed E-state index contributed by atoms with van der Waals surface area (Å²) in [6.07, 6.45) is -4.72. The molecular weight excluding hydrogens is 347 g/mol. The lowest BCUT2D eigenvalue weighted by molar-refractivity contribution is -0.137. The summed E-state index contributed by atoms with van der Waals surface area (Å²) >= 11 is 0. The van der Waals surface area contributed by atoms with Crippen molar-refractivity contribution in [3.05, 3.63) is 70.8 Å². The van der Waals surface area contributed by atoms with Crippen LogP contribution < -0.4 is 11.1 Å². The van der Waals surface area contributed by atoms with Gasteiger partial charge in [0.05, 0.1) is 22.8 Å². The molecule has 5 nitrogen and oxygen atoms in total. The first-order valence-corrected chi connectivity index (χ1v) is 7.48. The number of carbonyl (C=O) groups excluding carboxylic acids is 2. The Morgan fingerprint density at radius 1 is 1.12 bits per heavy atom. The number of halogens is 3. The molecule has 0 bridgehead atoms. The third kappa shape index (κ3) is 4.60. The molecule has 8 heteroatoms. The minimum absolute atomic E-state index is 0.0129. The average molecular weight is 361 g/mol. The molecule has 2 aromatic carbocycles. The van der Waals surface area contributed by atoms with Crippen molar-refractivity contribution in [3.8, 4) is 6.07 Å². The number of hydrogen-bond acceptors (Lipinski definition) is 3. The molecule has 26 heavy (non-hydrogen) atoms. The lowest BCUT2D eigenvalue weighted by atomic mass is 10.0. The van der Waals surface area contributed by atoms with Crippen LogP contribution in [0.3, 0.4) is 0 Å². The first-order valence-electron chi connectivity index (χ1n) is 7.48. The van der Waals surface area contributed by atoms with Crippen molar-refractivity contribution in [1.82, 2.24) is 5.32 Å². The minimum atomic E-state index is -4.71. The highest BCUT2D eigenvalue weighted by Gasteiger charge is 2.35. The summed E-state index contributed by atoms with van der Waals surface area (Å²) < 4.78 is 39.1. The van der Waals surface area contributed by atoms with Crippen LogP contribution in [-0.2, 0) is 17.4 Å². The minimum Gasteiger partial charge on any atom is -0.368 e. The van der Waals surface area contributed by atoms with Crippen molar-refractivity contribution in [2.75, 3.05) is 0 Å². The standard InChI is InChI=1S/C18H14F3N3O2/c19-18(20,21)14-4-2-1-3-13(14)17(26)24-15(16(23)25)9-11-5-7-12(10-22)8-6-11/h1-8,15H,9H2,(H2,23,25)(H,24,26)/t15-/m0/s1. The number of alkyl halides is 3. The van der Waals surface area contributed by atoms with Crippen molar-refractivity contribution in [2.24, 2.45) is 5.73 Å². The van der Waals surface area contributed by atoms with E-state index in [0.29, 0.717) is 11.1 Å². The van der Waals surface area contributed by atoms with Crippen LogP contribution in [0.15, 0.2) is 48.5 Å². The third-order valence-electron chi connectivity index (χ3n) is 3.65. The van der Waals surface area contributed by atoms with Crippen LogP contribution in [-0.4, -0.2) is 17.9 Å². The van der Waals surface area contributed by atoms with Gasteiger partial charge >= 0.3 is 6.18 Å². The molecule has 0 fully saturated rings. The highest BCUT2D eigenvalue weighted by Crippen LogP contribution is 2.31. The van der Waals surface area contributed by atoms with E-state index in [2.05, 4.69) is 5.32 Å². The summed E-state index contributed by atoms with van der Waals surface area (Å²) in [6.45, 7) is 0. The van der Waals surface area contributed by atoms with E-state index in [-0.39, 0.29) is 6.42 Å². The number of hydrogen-bond donors (Lipinski definition) is 2. The second kappa shape index (κ2) is 7.70. The molecule has 2 aromatic rings. The molecule has 0 aromatic heterocycles. The Morgan fingerprint density at radius 3 is 2.27 bits per heavy atom. The molecule has 1 atom stereocenters. The predicted molar refractivity (Wildman–Crippen MR) is 86.8 cm³/mol. The maximum atomic E-state index is 13.0. The van der Waals surface area contributed by atoms with Crippen LogP contribution >= 0.6 is 0 Å². The van der Waals surface area contributed by atoms with Crippen molar-refractivity contribution < 1.29 is 22.8 Å². The Kier molecular flexibility index (Phi) is 5.62. The fourth-order valence-corrected chi connectivity index (χ4v) is 2.34. The Bertz CT molecular complexity index is 855. The number of nitrogens with one attached hydrogen (secondary N) is 1. The van der Waals surface area contributed by atoms with E-state index >= 15 is 0 Å². The van der Waals surface area contributed by atoms with Crippen LogP contribution in [0, 0.1) is 11.3 Å². The molecule has 0 spiro atoms. The fourth-order valence-electron chi connectivity index (χ4n) is 2.34. The highest BCUT2D eigenvalue weighted by atomic mass is 19.4. The zero-order chi connectivity index (χ0) is 19.3. The molecule has 0 heterocycles. The Balaban J connectivity index is 2.21. The Labute approximate surface area is 147 Å². The van der Waals surface area contributed by atoms with Gasteiger partial charge in [0, 0.05) is 6.42 Å². The highest BCUT2D eigenvalue weighted by molar-refractivity contribution is 5.98. The van der Waals surface area contributed by atoms with E-state index in [4.69, 9.17) is 11.0 Å². The molecule has 2 amide bonds. The number of nitrogens with zero attached hydrogens (tertiary/aromatic N) is 1. The van der Waals surface area contributed by atoms with Crippen LogP contribution in [0.25, 0.3) is 0 Å². The molecular formula is C18H14F3N3O2. The Morgan fingerprint density at radius 2 is 1.73 bits per heavy atom. The number of nitriles is 1. The van der Waals surface area contributed by atoms with E-state index in [0.717, 1.165) is 12.1 Å². The molecule has 2 rings (SSSR count). The van der Waals surface area contributed by atoms with E-state index in [1.54, 1.807) is 12.1 Å². The van der Waals surface area contributed by atoms with Gasteiger partial charge in [-0.15, -0.1) is 0 Å². The van der Waals surface area contributed by atoms with Crippen LogP contribution in [0.2, 0.25) is 0 Å². The van der Waals surface area contributed by atoms with Gasteiger partial charge in [-0.05, 0) is 29.8 Å². The average Bonchev–Trinajstić information content (AvgIpc) is 2.61. The van der Waals surface area contributed by atoms with Gasteiger partial charge in [0.2, 0.25) is 5.91 Å². The van der Waals surface area contributed by atoms with Gasteiger partial charge in [0.1, 0.15) is 6.04 Å². The number of primary amides is 1. The van der Waals surface area contributed by atoms with Gasteiger partial charge in [-0.1, -0.05) is 24.3 Å². The van der Waals surface area contributed by atoms with Gasteiger partial charge in [-0.25, -0.2) is 0 Å². The monoisotopic (exact) mass is 361 g/mol. The van der Waals surface area contributed by atoms with Gasteiger partial charge in [-0.2, -0.15) is 18.4 Å². The summed E-state index contributed by atoms with van der Waals surface area (Å²) in [6, 6.07) is 11.2. The van der Waals surface area contributed by atoms with Crippen molar-refractivity contribution >= 4 is 11.8 Å². The summed E-state index contributed by atoms with van der Waals surface area (Å²) in [5, 5.41) is 11.0. The maximum absolute atomic E-state index is 13.0. The smallest absolute Gasteiger partial charge is 0.368 e. The first-order chi connectivity index (χ1) is 12.2. The van der Waals surface area contributed by atoms with Crippen LogP contribution in [0.4, 0.5) is 13.2 Å². The zero-order valence-electron chi connectivity index (χ0n) is 13.4. The predicted octanol–water partition coefficient (Wildman–Crippen LogP) is 2.40. The maximum Gasteiger partial charge on any atom is 0.417 e. The van der Waals surface area contributed by atoms with Crippen LogP contribution in [0.1, 0.15) is 27.0 Å². The summed E-state index contributed by atoms with van der Waals surface area (Å²) in [4.78, 5) is 23.9. The first kappa shape index (κ1) is 19.0. The lowest BCUT2D eigenvalue weighted by Crippen LogP contribution is -2.46. The van der Waals surface area contributed by atoms with Crippen molar-refractivity contribution in [3.63, 3.8) is 0 Å². The molecule has 0 radical (unpaired) electrons. The van der Waals surface area contributed by atoms with Crippen molar-refractivity contribution in [2.45, 2.75) is 18.6 Å².